The molecule has 0 aliphatic carbocycles. The van der Waals surface area contributed by atoms with E-state index in [1.807, 2.05) is 24.3 Å². The van der Waals surface area contributed by atoms with E-state index in [-0.39, 0.29) is 18.2 Å². The molecule has 2 N–H and O–H groups in total. The second kappa shape index (κ2) is 6.77. The largest absolute Gasteiger partial charge is 0.394 e. The van der Waals surface area contributed by atoms with Crippen LogP contribution < -0.4 is 5.32 Å². The van der Waals surface area contributed by atoms with E-state index in [1.165, 1.54) is 24.2 Å². The zero-order valence-corrected chi connectivity index (χ0v) is 11.3. The van der Waals surface area contributed by atoms with Crippen molar-refractivity contribution in [3.05, 3.63) is 59.7 Å². The van der Waals surface area contributed by atoms with E-state index in [1.54, 1.807) is 0 Å². The maximum Gasteiger partial charge on any atom is 0.272 e. The van der Waals surface area contributed by atoms with E-state index in [0.29, 0.717) is 0 Å². The van der Waals surface area contributed by atoms with Crippen molar-refractivity contribution in [3.8, 4) is 0 Å². The number of nitrogens with one attached hydrogen (secondary N) is 1. The number of aryl methyl sites for hydroxylation is 1. The summed E-state index contributed by atoms with van der Waals surface area (Å²) in [6.07, 6.45) is 5.31. The van der Waals surface area contributed by atoms with Gasteiger partial charge in [0.25, 0.3) is 5.91 Å². The molecule has 1 atom stereocenters. The molecular weight excluding hydrogens is 254 g/mol. The van der Waals surface area contributed by atoms with Gasteiger partial charge in [0, 0.05) is 12.4 Å². The van der Waals surface area contributed by atoms with Gasteiger partial charge < -0.3 is 10.4 Å². The summed E-state index contributed by atoms with van der Waals surface area (Å²) in [7, 11) is 0. The number of carbonyl (C=O) groups excluding carboxylic acids is 1. The normalized spacial score (nSPS) is 11.9. The summed E-state index contributed by atoms with van der Waals surface area (Å²) in [6.45, 7) is 1.91. The molecule has 2 aromatic rings. The van der Waals surface area contributed by atoms with Gasteiger partial charge in [-0.05, 0) is 17.5 Å². The lowest BCUT2D eigenvalue weighted by Gasteiger charge is -2.16. The van der Waals surface area contributed by atoms with Gasteiger partial charge in [0.15, 0.2) is 0 Å². The predicted octanol–water partition coefficient (Wildman–Crippen LogP) is 1.50. The summed E-state index contributed by atoms with van der Waals surface area (Å²) in [4.78, 5) is 19.8. The molecule has 0 spiro atoms. The fourth-order valence-corrected chi connectivity index (χ4v) is 1.87. The Kier molecular flexibility index (Phi) is 4.79. The van der Waals surface area contributed by atoms with Gasteiger partial charge in [-0.1, -0.05) is 31.2 Å². The van der Waals surface area contributed by atoms with E-state index < -0.39 is 6.04 Å². The van der Waals surface area contributed by atoms with Gasteiger partial charge in [0.2, 0.25) is 0 Å². The molecule has 0 aliphatic heterocycles. The van der Waals surface area contributed by atoms with Crippen LogP contribution in [0.4, 0.5) is 0 Å². The maximum absolute atomic E-state index is 12.0. The summed E-state index contributed by atoms with van der Waals surface area (Å²) in [5.74, 6) is -0.350. The molecular formula is C15H17N3O2. The molecule has 0 radical (unpaired) electrons. The van der Waals surface area contributed by atoms with Crippen molar-refractivity contribution in [2.75, 3.05) is 6.61 Å². The van der Waals surface area contributed by atoms with E-state index in [9.17, 15) is 9.90 Å². The zero-order valence-electron chi connectivity index (χ0n) is 11.3. The Hall–Kier alpha value is -2.27. The first-order valence-corrected chi connectivity index (χ1v) is 6.51. The van der Waals surface area contributed by atoms with Gasteiger partial charge in [0.1, 0.15) is 5.69 Å². The number of hydrogen-bond acceptors (Lipinski definition) is 4. The second-order valence-corrected chi connectivity index (χ2v) is 4.39. The van der Waals surface area contributed by atoms with Crippen molar-refractivity contribution in [2.24, 2.45) is 0 Å². The Labute approximate surface area is 117 Å². The Morgan fingerprint density at radius 2 is 2.05 bits per heavy atom. The van der Waals surface area contributed by atoms with Crippen LogP contribution in [0.3, 0.4) is 0 Å². The van der Waals surface area contributed by atoms with Gasteiger partial charge in [-0.15, -0.1) is 0 Å². The Balaban J connectivity index is 2.10. The highest BCUT2D eigenvalue weighted by molar-refractivity contribution is 5.92. The van der Waals surface area contributed by atoms with Crippen LogP contribution in [0.15, 0.2) is 42.9 Å². The SMILES string of the molecule is CCc1ccc(C(CO)NC(=O)c2cnccn2)cc1. The quantitative estimate of drug-likeness (QED) is 0.864. The molecule has 104 valence electrons. The summed E-state index contributed by atoms with van der Waals surface area (Å²) >= 11 is 0. The van der Waals surface area contributed by atoms with Crippen LogP contribution in [-0.2, 0) is 6.42 Å². The predicted molar refractivity (Wildman–Crippen MR) is 75.1 cm³/mol. The highest BCUT2D eigenvalue weighted by Gasteiger charge is 2.15. The second-order valence-electron chi connectivity index (χ2n) is 4.39. The smallest absolute Gasteiger partial charge is 0.272 e. The lowest BCUT2D eigenvalue weighted by molar-refractivity contribution is 0.0910. The van der Waals surface area contributed by atoms with Crippen molar-refractivity contribution >= 4 is 5.91 Å². The van der Waals surface area contributed by atoms with Crippen LogP contribution in [0.25, 0.3) is 0 Å². The highest BCUT2D eigenvalue weighted by Crippen LogP contribution is 2.14. The van der Waals surface area contributed by atoms with Crippen molar-refractivity contribution in [3.63, 3.8) is 0 Å². The molecule has 5 heteroatoms. The number of aliphatic hydroxyl groups is 1. The Morgan fingerprint density at radius 3 is 2.60 bits per heavy atom. The minimum Gasteiger partial charge on any atom is -0.394 e. The molecule has 0 saturated carbocycles. The van der Waals surface area contributed by atoms with E-state index in [2.05, 4.69) is 22.2 Å². The van der Waals surface area contributed by atoms with E-state index in [0.717, 1.165) is 12.0 Å². The number of aliphatic hydroxyl groups excluding tert-OH is 1. The standard InChI is InChI=1S/C15H17N3O2/c1-2-11-3-5-12(6-4-11)14(10-19)18-15(20)13-9-16-7-8-17-13/h3-9,14,19H,2,10H2,1H3,(H,18,20). The lowest BCUT2D eigenvalue weighted by Crippen LogP contribution is -2.31. The van der Waals surface area contributed by atoms with Gasteiger partial charge in [0.05, 0.1) is 18.8 Å². The molecule has 0 aliphatic rings. The summed E-state index contributed by atoms with van der Waals surface area (Å²) in [5, 5.41) is 12.2. The van der Waals surface area contributed by atoms with Gasteiger partial charge >= 0.3 is 0 Å². The van der Waals surface area contributed by atoms with Gasteiger partial charge in [-0.2, -0.15) is 0 Å². The molecule has 1 amide bonds. The number of hydrogen-bond donors (Lipinski definition) is 2. The van der Waals surface area contributed by atoms with Crippen LogP contribution >= 0.6 is 0 Å². The summed E-state index contributed by atoms with van der Waals surface area (Å²) in [6, 6.07) is 7.36. The van der Waals surface area contributed by atoms with Crippen molar-refractivity contribution in [1.82, 2.24) is 15.3 Å². The van der Waals surface area contributed by atoms with Crippen molar-refractivity contribution < 1.29 is 9.90 Å². The number of carbonyl (C=O) groups is 1. The first-order chi connectivity index (χ1) is 9.74. The molecule has 0 fully saturated rings. The molecule has 1 heterocycles. The molecule has 20 heavy (non-hydrogen) atoms. The molecule has 1 unspecified atom stereocenters. The highest BCUT2D eigenvalue weighted by atomic mass is 16.3. The fourth-order valence-electron chi connectivity index (χ4n) is 1.87. The summed E-state index contributed by atoms with van der Waals surface area (Å²) < 4.78 is 0. The maximum atomic E-state index is 12.0. The van der Waals surface area contributed by atoms with Gasteiger partial charge in [-0.3, -0.25) is 9.78 Å². The van der Waals surface area contributed by atoms with Gasteiger partial charge in [-0.25, -0.2) is 4.98 Å². The average molecular weight is 271 g/mol. The first kappa shape index (κ1) is 14.1. The number of nitrogens with zero attached hydrogens (tertiary/aromatic N) is 2. The third-order valence-electron chi connectivity index (χ3n) is 3.07. The Bertz CT molecular complexity index is 555. The number of benzene rings is 1. The Morgan fingerprint density at radius 1 is 1.30 bits per heavy atom. The lowest BCUT2D eigenvalue weighted by atomic mass is 10.0. The molecule has 0 bridgehead atoms. The van der Waals surface area contributed by atoms with Crippen LogP contribution in [0, 0.1) is 0 Å². The molecule has 1 aromatic heterocycles. The fraction of sp³-hybridized carbons (Fsp3) is 0.267. The third kappa shape index (κ3) is 3.39. The summed E-state index contributed by atoms with van der Waals surface area (Å²) in [5.41, 5.74) is 2.31. The first-order valence-electron chi connectivity index (χ1n) is 6.51. The van der Waals surface area contributed by atoms with Crippen molar-refractivity contribution in [1.29, 1.82) is 0 Å². The number of amides is 1. The topological polar surface area (TPSA) is 75.1 Å². The van der Waals surface area contributed by atoms with E-state index >= 15 is 0 Å². The minimum atomic E-state index is -0.449. The zero-order chi connectivity index (χ0) is 14.4. The molecule has 0 saturated heterocycles. The number of rotatable bonds is 5. The third-order valence-corrected chi connectivity index (χ3v) is 3.07. The monoisotopic (exact) mass is 271 g/mol. The van der Waals surface area contributed by atoms with E-state index in [4.69, 9.17) is 0 Å². The molecule has 2 rings (SSSR count). The molecule has 5 nitrogen and oxygen atoms in total. The average Bonchev–Trinajstić information content (AvgIpc) is 2.53. The number of aromatic nitrogens is 2. The van der Waals surface area contributed by atoms with Crippen LogP contribution in [-0.4, -0.2) is 27.6 Å². The minimum absolute atomic E-state index is 0.169. The van der Waals surface area contributed by atoms with Crippen LogP contribution in [0.1, 0.15) is 34.6 Å². The van der Waals surface area contributed by atoms with Crippen LogP contribution in [0.5, 0.6) is 0 Å². The van der Waals surface area contributed by atoms with Crippen LogP contribution in [0.2, 0.25) is 0 Å². The molecule has 1 aromatic carbocycles. The van der Waals surface area contributed by atoms with Crippen molar-refractivity contribution in [2.45, 2.75) is 19.4 Å².